The molecule has 0 aromatic heterocycles. The van der Waals surface area contributed by atoms with E-state index < -0.39 is 4.92 Å². The van der Waals surface area contributed by atoms with Crippen molar-refractivity contribution in [3.05, 3.63) is 63.2 Å². The van der Waals surface area contributed by atoms with Gasteiger partial charge in [-0.3, -0.25) is 14.9 Å². The Bertz CT molecular complexity index is 835. The monoisotopic (exact) mass is 374 g/mol. The number of hydrogen-bond donors (Lipinski definition) is 1. The van der Waals surface area contributed by atoms with Gasteiger partial charge in [-0.05, 0) is 30.3 Å². The molecule has 1 heterocycles. The lowest BCUT2D eigenvalue weighted by Crippen LogP contribution is -2.48. The van der Waals surface area contributed by atoms with Gasteiger partial charge in [0.1, 0.15) is 5.69 Å². The second-order valence-electron chi connectivity index (χ2n) is 6.00. The highest BCUT2D eigenvalue weighted by molar-refractivity contribution is 6.30. The maximum Gasteiger partial charge on any atom is 0.293 e. The van der Waals surface area contributed by atoms with Crippen molar-refractivity contribution >= 4 is 34.6 Å². The van der Waals surface area contributed by atoms with E-state index in [0.29, 0.717) is 42.5 Å². The fourth-order valence-corrected chi connectivity index (χ4v) is 3.23. The van der Waals surface area contributed by atoms with Crippen LogP contribution in [0, 0.1) is 10.1 Å². The summed E-state index contributed by atoms with van der Waals surface area (Å²) in [5, 5.41) is 14.6. The van der Waals surface area contributed by atoms with Gasteiger partial charge in [-0.1, -0.05) is 17.7 Å². The Balaban J connectivity index is 1.70. The van der Waals surface area contributed by atoms with Crippen LogP contribution in [0.25, 0.3) is 0 Å². The molecule has 2 aromatic carbocycles. The zero-order valence-electron chi connectivity index (χ0n) is 14.3. The summed E-state index contributed by atoms with van der Waals surface area (Å²) in [7, 11) is 1.61. The van der Waals surface area contributed by atoms with Gasteiger partial charge in [-0.15, -0.1) is 0 Å². The molecule has 1 aliphatic rings. The van der Waals surface area contributed by atoms with E-state index in [1.807, 2.05) is 24.3 Å². The van der Waals surface area contributed by atoms with Crippen LogP contribution in [0.2, 0.25) is 5.02 Å². The van der Waals surface area contributed by atoms with Gasteiger partial charge in [-0.25, -0.2) is 0 Å². The second kappa shape index (κ2) is 7.61. The third-order valence-corrected chi connectivity index (χ3v) is 4.69. The molecule has 1 N–H and O–H groups in total. The maximum absolute atomic E-state index is 12.7. The minimum Gasteiger partial charge on any atom is -0.383 e. The topological polar surface area (TPSA) is 78.7 Å². The molecule has 2 aromatic rings. The first-order chi connectivity index (χ1) is 12.5. The Morgan fingerprint density at radius 2 is 1.88 bits per heavy atom. The summed E-state index contributed by atoms with van der Waals surface area (Å²) >= 11 is 6.04. The standard InChI is InChI=1S/C18H19ClN4O3/c1-20-16-6-5-13(11-17(16)23(25)26)18(24)22-9-7-21(8-10-22)15-4-2-3-14(19)12-15/h2-6,11-12,20H,7-10H2,1H3. The number of amides is 1. The minimum atomic E-state index is -0.486. The van der Waals surface area contributed by atoms with Gasteiger partial charge in [0.25, 0.3) is 11.6 Å². The van der Waals surface area contributed by atoms with E-state index in [0.717, 1.165) is 5.69 Å². The summed E-state index contributed by atoms with van der Waals surface area (Å²) in [5.41, 5.74) is 1.64. The number of carbonyl (C=O) groups is 1. The Morgan fingerprint density at radius 3 is 2.50 bits per heavy atom. The first kappa shape index (κ1) is 18.0. The summed E-state index contributed by atoms with van der Waals surface area (Å²) in [6.07, 6.45) is 0. The van der Waals surface area contributed by atoms with Gasteiger partial charge in [-0.2, -0.15) is 0 Å². The van der Waals surface area contributed by atoms with Crippen molar-refractivity contribution < 1.29 is 9.72 Å². The van der Waals surface area contributed by atoms with Crippen molar-refractivity contribution in [3.63, 3.8) is 0 Å². The average molecular weight is 375 g/mol. The van der Waals surface area contributed by atoms with Crippen LogP contribution in [0.1, 0.15) is 10.4 Å². The molecule has 1 amide bonds. The molecule has 0 bridgehead atoms. The molecular formula is C18H19ClN4O3. The van der Waals surface area contributed by atoms with E-state index in [1.165, 1.54) is 6.07 Å². The van der Waals surface area contributed by atoms with Crippen molar-refractivity contribution in [1.29, 1.82) is 0 Å². The van der Waals surface area contributed by atoms with Crippen LogP contribution in [0.3, 0.4) is 0 Å². The highest BCUT2D eigenvalue weighted by Gasteiger charge is 2.24. The molecular weight excluding hydrogens is 356 g/mol. The number of halogens is 1. The number of nitrogens with one attached hydrogen (secondary N) is 1. The molecule has 0 unspecified atom stereocenters. The van der Waals surface area contributed by atoms with Gasteiger partial charge in [0, 0.05) is 55.6 Å². The molecule has 3 rings (SSSR count). The molecule has 1 fully saturated rings. The molecule has 0 atom stereocenters. The van der Waals surface area contributed by atoms with Crippen molar-refractivity contribution in [2.45, 2.75) is 0 Å². The van der Waals surface area contributed by atoms with Gasteiger partial charge in [0.2, 0.25) is 0 Å². The Kier molecular flexibility index (Phi) is 5.27. The van der Waals surface area contributed by atoms with Crippen LogP contribution in [-0.4, -0.2) is 49.0 Å². The lowest BCUT2D eigenvalue weighted by molar-refractivity contribution is -0.384. The number of benzene rings is 2. The highest BCUT2D eigenvalue weighted by Crippen LogP contribution is 2.26. The largest absolute Gasteiger partial charge is 0.383 e. The van der Waals surface area contributed by atoms with E-state index in [2.05, 4.69) is 10.2 Å². The average Bonchev–Trinajstić information content (AvgIpc) is 2.67. The number of nitro benzene ring substituents is 1. The van der Waals surface area contributed by atoms with Crippen LogP contribution < -0.4 is 10.2 Å². The smallest absolute Gasteiger partial charge is 0.293 e. The molecule has 8 heteroatoms. The first-order valence-corrected chi connectivity index (χ1v) is 8.63. The van der Waals surface area contributed by atoms with Crippen molar-refractivity contribution in [2.24, 2.45) is 0 Å². The van der Waals surface area contributed by atoms with Gasteiger partial charge in [0.15, 0.2) is 0 Å². The SMILES string of the molecule is CNc1ccc(C(=O)N2CCN(c3cccc(Cl)c3)CC2)cc1[N+](=O)[O-]. The third kappa shape index (κ3) is 3.72. The zero-order valence-corrected chi connectivity index (χ0v) is 15.1. The van der Waals surface area contributed by atoms with Crippen LogP contribution >= 0.6 is 11.6 Å². The van der Waals surface area contributed by atoms with Gasteiger partial charge in [0.05, 0.1) is 4.92 Å². The van der Waals surface area contributed by atoms with E-state index in [9.17, 15) is 14.9 Å². The summed E-state index contributed by atoms with van der Waals surface area (Å²) in [6, 6.07) is 12.1. The Labute approximate surface area is 156 Å². The van der Waals surface area contributed by atoms with E-state index in [1.54, 1.807) is 24.1 Å². The normalized spacial score (nSPS) is 14.2. The lowest BCUT2D eigenvalue weighted by atomic mass is 10.1. The van der Waals surface area contributed by atoms with Crippen molar-refractivity contribution in [1.82, 2.24) is 4.90 Å². The molecule has 0 radical (unpaired) electrons. The molecule has 0 saturated carbocycles. The minimum absolute atomic E-state index is 0.101. The summed E-state index contributed by atoms with van der Waals surface area (Å²) in [4.78, 5) is 27.3. The van der Waals surface area contributed by atoms with Crippen LogP contribution in [0.5, 0.6) is 0 Å². The Morgan fingerprint density at radius 1 is 1.15 bits per heavy atom. The highest BCUT2D eigenvalue weighted by atomic mass is 35.5. The second-order valence-corrected chi connectivity index (χ2v) is 6.43. The molecule has 0 spiro atoms. The molecule has 1 aliphatic heterocycles. The number of carbonyl (C=O) groups excluding carboxylic acids is 1. The summed E-state index contributed by atoms with van der Waals surface area (Å²) < 4.78 is 0. The van der Waals surface area contributed by atoms with Crippen LogP contribution in [0.15, 0.2) is 42.5 Å². The summed E-state index contributed by atoms with van der Waals surface area (Å²) in [5.74, 6) is -0.193. The van der Waals surface area contributed by atoms with Crippen LogP contribution in [0.4, 0.5) is 17.1 Å². The number of piperazine rings is 1. The fourth-order valence-electron chi connectivity index (χ4n) is 3.05. The number of anilines is 2. The number of nitrogens with zero attached hydrogens (tertiary/aromatic N) is 3. The number of hydrogen-bond acceptors (Lipinski definition) is 5. The quantitative estimate of drug-likeness (QED) is 0.656. The van der Waals surface area contributed by atoms with E-state index >= 15 is 0 Å². The first-order valence-electron chi connectivity index (χ1n) is 8.25. The fraction of sp³-hybridized carbons (Fsp3) is 0.278. The predicted molar refractivity (Wildman–Crippen MR) is 102 cm³/mol. The predicted octanol–water partition coefficient (Wildman–Crippen LogP) is 3.25. The number of rotatable bonds is 4. The molecule has 136 valence electrons. The molecule has 26 heavy (non-hydrogen) atoms. The van der Waals surface area contributed by atoms with Crippen LogP contribution in [-0.2, 0) is 0 Å². The zero-order chi connectivity index (χ0) is 18.7. The van der Waals surface area contributed by atoms with Gasteiger partial charge < -0.3 is 15.1 Å². The molecule has 0 aliphatic carbocycles. The summed E-state index contributed by atoms with van der Waals surface area (Å²) in [6.45, 7) is 2.46. The lowest BCUT2D eigenvalue weighted by Gasteiger charge is -2.36. The molecule has 7 nitrogen and oxygen atoms in total. The van der Waals surface area contributed by atoms with Crippen molar-refractivity contribution in [3.8, 4) is 0 Å². The van der Waals surface area contributed by atoms with Crippen molar-refractivity contribution in [2.75, 3.05) is 43.4 Å². The Hall–Kier alpha value is -2.80. The van der Waals surface area contributed by atoms with E-state index in [-0.39, 0.29) is 11.6 Å². The van der Waals surface area contributed by atoms with E-state index in [4.69, 9.17) is 11.6 Å². The molecule has 1 saturated heterocycles. The maximum atomic E-state index is 12.7. The third-order valence-electron chi connectivity index (χ3n) is 4.45. The number of nitro groups is 1. The van der Waals surface area contributed by atoms with Gasteiger partial charge >= 0.3 is 0 Å².